The molecule has 0 fully saturated rings. The molecule has 6 nitrogen and oxygen atoms in total. The molecule has 0 unspecified atom stereocenters. The molecule has 31 heavy (non-hydrogen) atoms. The fraction of sp³-hybridized carbons (Fsp3) is 0.0476. The van der Waals surface area contributed by atoms with Crippen LogP contribution in [0.15, 0.2) is 74.2 Å². The van der Waals surface area contributed by atoms with E-state index < -0.39 is 23.6 Å². The van der Waals surface area contributed by atoms with Gasteiger partial charge in [0.25, 0.3) is 11.8 Å². The molecule has 0 bridgehead atoms. The van der Waals surface area contributed by atoms with Crippen LogP contribution in [-0.2, 0) is 6.18 Å². The minimum Gasteiger partial charge on any atom is -0.449 e. The summed E-state index contributed by atoms with van der Waals surface area (Å²) in [5, 5.41) is 5.39. The van der Waals surface area contributed by atoms with E-state index in [-0.39, 0.29) is 22.9 Å². The molecular weight excluding hydrogens is 481 g/mol. The van der Waals surface area contributed by atoms with E-state index in [0.717, 1.165) is 12.1 Å². The molecule has 0 aliphatic heterocycles. The van der Waals surface area contributed by atoms with Crippen LogP contribution in [0.1, 0.15) is 26.7 Å². The van der Waals surface area contributed by atoms with Gasteiger partial charge >= 0.3 is 6.18 Å². The fourth-order valence-corrected chi connectivity index (χ4v) is 3.21. The number of hydrogen-bond acceptors (Lipinski definition) is 4. The second kappa shape index (κ2) is 7.95. The summed E-state index contributed by atoms with van der Waals surface area (Å²) in [4.78, 5) is 25.4. The first-order valence-corrected chi connectivity index (χ1v) is 9.58. The zero-order valence-electron chi connectivity index (χ0n) is 15.4. The lowest BCUT2D eigenvalue weighted by atomic mass is 10.2. The molecule has 2 heterocycles. The first kappa shape index (κ1) is 20.7. The fourth-order valence-electron chi connectivity index (χ4n) is 2.90. The number of hydrogen-bond donors (Lipinski definition) is 2. The lowest BCUT2D eigenvalue weighted by Gasteiger charge is -2.10. The summed E-state index contributed by atoms with van der Waals surface area (Å²) in [6, 6.07) is 13.7. The molecule has 0 radical (unpaired) electrons. The third kappa shape index (κ3) is 4.33. The Morgan fingerprint density at radius 3 is 2.35 bits per heavy atom. The number of halogens is 4. The van der Waals surface area contributed by atoms with E-state index in [1.54, 1.807) is 24.3 Å². The third-order valence-corrected chi connectivity index (χ3v) is 4.71. The zero-order chi connectivity index (χ0) is 22.2. The predicted molar refractivity (Wildman–Crippen MR) is 110 cm³/mol. The van der Waals surface area contributed by atoms with Crippen LogP contribution in [0.5, 0.6) is 0 Å². The maximum absolute atomic E-state index is 12.9. The Morgan fingerprint density at radius 2 is 1.65 bits per heavy atom. The van der Waals surface area contributed by atoms with E-state index in [1.807, 2.05) is 0 Å². The van der Waals surface area contributed by atoms with Crippen molar-refractivity contribution in [3.05, 3.63) is 82.4 Å². The number of alkyl halides is 3. The van der Waals surface area contributed by atoms with E-state index in [2.05, 4.69) is 26.6 Å². The van der Waals surface area contributed by atoms with Gasteiger partial charge in [0.2, 0.25) is 5.76 Å². The lowest BCUT2D eigenvalue weighted by Crippen LogP contribution is -2.17. The number of rotatable bonds is 4. The Bertz CT molecular complexity index is 1290. The molecule has 158 valence electrons. The van der Waals surface area contributed by atoms with Gasteiger partial charge < -0.3 is 19.5 Å². The topological polar surface area (TPSA) is 84.5 Å². The Hall–Kier alpha value is -3.53. The number of carbonyl (C=O) groups is 2. The minimum absolute atomic E-state index is 0.0126. The molecule has 10 heteroatoms. The Morgan fingerprint density at radius 1 is 0.871 bits per heavy atom. The van der Waals surface area contributed by atoms with Crippen LogP contribution < -0.4 is 10.6 Å². The van der Waals surface area contributed by atoms with Gasteiger partial charge in [-0.05, 0) is 58.4 Å². The van der Waals surface area contributed by atoms with Crippen molar-refractivity contribution in [2.45, 2.75) is 6.18 Å². The number of benzene rings is 2. The van der Waals surface area contributed by atoms with Crippen molar-refractivity contribution in [1.82, 2.24) is 0 Å². The molecule has 0 atom stereocenters. The quantitative estimate of drug-likeness (QED) is 0.349. The highest BCUT2D eigenvalue weighted by atomic mass is 79.9. The second-order valence-electron chi connectivity index (χ2n) is 6.39. The van der Waals surface area contributed by atoms with Crippen LogP contribution in [0.3, 0.4) is 0 Å². The van der Waals surface area contributed by atoms with Crippen LogP contribution >= 0.6 is 15.9 Å². The van der Waals surface area contributed by atoms with Crippen molar-refractivity contribution in [3.63, 3.8) is 0 Å². The summed E-state index contributed by atoms with van der Waals surface area (Å²) in [5.74, 6) is -1.74. The molecule has 2 amide bonds. The molecule has 0 saturated heterocycles. The van der Waals surface area contributed by atoms with Gasteiger partial charge in [0.1, 0.15) is 11.3 Å². The van der Waals surface area contributed by atoms with E-state index in [4.69, 9.17) is 8.83 Å². The number of furan rings is 2. The van der Waals surface area contributed by atoms with Crippen molar-refractivity contribution in [3.8, 4) is 0 Å². The molecular formula is C21H12BrF3N2O4. The van der Waals surface area contributed by atoms with Gasteiger partial charge in [-0.3, -0.25) is 9.59 Å². The van der Waals surface area contributed by atoms with E-state index in [9.17, 15) is 22.8 Å². The summed E-state index contributed by atoms with van der Waals surface area (Å²) in [7, 11) is 0. The van der Waals surface area contributed by atoms with Gasteiger partial charge in [-0.1, -0.05) is 18.2 Å². The number of amides is 2. The second-order valence-corrected chi connectivity index (χ2v) is 7.17. The molecule has 2 N–H and O–H groups in total. The van der Waals surface area contributed by atoms with E-state index in [0.29, 0.717) is 15.6 Å². The largest absolute Gasteiger partial charge is 0.449 e. The van der Waals surface area contributed by atoms with Crippen LogP contribution in [0.25, 0.3) is 11.0 Å². The maximum atomic E-state index is 12.9. The van der Waals surface area contributed by atoms with Crippen molar-refractivity contribution >= 4 is 50.1 Å². The highest BCUT2D eigenvalue weighted by Crippen LogP contribution is 2.33. The Kier molecular flexibility index (Phi) is 5.32. The van der Waals surface area contributed by atoms with E-state index >= 15 is 0 Å². The number of para-hydroxylation sites is 1. The smallest absolute Gasteiger partial charge is 0.416 e. The average Bonchev–Trinajstić information content (AvgIpc) is 3.32. The summed E-state index contributed by atoms with van der Waals surface area (Å²) >= 11 is 3.10. The van der Waals surface area contributed by atoms with Crippen molar-refractivity contribution in [2.75, 3.05) is 10.6 Å². The molecule has 0 aliphatic rings. The molecule has 4 aromatic rings. The monoisotopic (exact) mass is 492 g/mol. The number of anilines is 2. The highest BCUT2D eigenvalue weighted by molar-refractivity contribution is 9.10. The molecule has 2 aromatic carbocycles. The molecule has 4 rings (SSSR count). The Labute approximate surface area is 181 Å². The standard InChI is InChI=1S/C21H12BrF3N2O4/c22-16-9-8-15(30-16)19(28)27-17-13-6-1-2-7-14(13)31-18(17)20(29)26-12-5-3-4-11(10-12)21(23,24)25/h1-10H,(H,26,29)(H,27,28). The van der Waals surface area contributed by atoms with E-state index in [1.165, 1.54) is 24.3 Å². The average molecular weight is 493 g/mol. The predicted octanol–water partition coefficient (Wildman–Crippen LogP) is 6.31. The SMILES string of the molecule is O=C(Nc1c(C(=O)Nc2cccc(C(F)(F)F)c2)oc2ccccc12)c1ccc(Br)o1. The molecule has 0 spiro atoms. The minimum atomic E-state index is -4.56. The number of carbonyl (C=O) groups excluding carboxylic acids is 2. The van der Waals surface area contributed by atoms with Crippen molar-refractivity contribution < 1.29 is 31.6 Å². The van der Waals surface area contributed by atoms with Crippen LogP contribution in [0, 0.1) is 0 Å². The lowest BCUT2D eigenvalue weighted by molar-refractivity contribution is -0.137. The van der Waals surface area contributed by atoms with Gasteiger partial charge in [-0.2, -0.15) is 13.2 Å². The zero-order valence-corrected chi connectivity index (χ0v) is 17.0. The summed E-state index contributed by atoms with van der Waals surface area (Å²) in [6.07, 6.45) is -4.56. The Balaban J connectivity index is 1.68. The maximum Gasteiger partial charge on any atom is 0.416 e. The normalized spacial score (nSPS) is 11.5. The van der Waals surface area contributed by atoms with Gasteiger partial charge in [0.15, 0.2) is 10.4 Å². The van der Waals surface area contributed by atoms with Crippen molar-refractivity contribution in [1.29, 1.82) is 0 Å². The first-order valence-electron chi connectivity index (χ1n) is 8.79. The first-order chi connectivity index (χ1) is 14.7. The van der Waals surface area contributed by atoms with Crippen LogP contribution in [0.4, 0.5) is 24.5 Å². The third-order valence-electron chi connectivity index (χ3n) is 4.28. The van der Waals surface area contributed by atoms with Gasteiger partial charge in [-0.15, -0.1) is 0 Å². The molecule has 0 saturated carbocycles. The summed E-state index contributed by atoms with van der Waals surface area (Å²) in [6.45, 7) is 0. The molecule has 0 aliphatic carbocycles. The van der Waals surface area contributed by atoms with Crippen LogP contribution in [0.2, 0.25) is 0 Å². The van der Waals surface area contributed by atoms with Gasteiger partial charge in [0.05, 0.1) is 5.56 Å². The number of nitrogens with one attached hydrogen (secondary N) is 2. The summed E-state index contributed by atoms with van der Waals surface area (Å²) in [5.41, 5.74) is -0.607. The highest BCUT2D eigenvalue weighted by Gasteiger charge is 2.31. The summed E-state index contributed by atoms with van der Waals surface area (Å²) < 4.78 is 50.0. The van der Waals surface area contributed by atoms with Crippen LogP contribution in [-0.4, -0.2) is 11.8 Å². The van der Waals surface area contributed by atoms with Crippen molar-refractivity contribution in [2.24, 2.45) is 0 Å². The van der Waals surface area contributed by atoms with Gasteiger partial charge in [0, 0.05) is 11.1 Å². The number of fused-ring (bicyclic) bond motifs is 1. The van der Waals surface area contributed by atoms with Gasteiger partial charge in [-0.25, -0.2) is 0 Å². The molecule has 2 aromatic heterocycles.